The predicted molar refractivity (Wildman–Crippen MR) is 100 cm³/mol. The minimum Gasteiger partial charge on any atom is -0.475 e. The summed E-state index contributed by atoms with van der Waals surface area (Å²) in [5, 5.41) is 19.2. The van der Waals surface area contributed by atoms with Gasteiger partial charge in [-0.05, 0) is 29.3 Å². The molecular formula is C19H22N2O6. The first-order valence-corrected chi connectivity index (χ1v) is 8.47. The normalized spacial score (nSPS) is 11.0. The fourth-order valence-corrected chi connectivity index (χ4v) is 2.07. The Morgan fingerprint density at radius 1 is 0.926 bits per heavy atom. The number of pyridine rings is 1. The van der Waals surface area contributed by atoms with Crippen LogP contribution in [-0.2, 0) is 9.47 Å². The number of nitro groups is 1. The van der Waals surface area contributed by atoms with Gasteiger partial charge >= 0.3 is 0 Å². The molecule has 2 rings (SSSR count). The van der Waals surface area contributed by atoms with Crippen LogP contribution >= 0.6 is 0 Å². The van der Waals surface area contributed by atoms with Gasteiger partial charge in [0.15, 0.2) is 0 Å². The smallest absolute Gasteiger partial charge is 0.269 e. The average molecular weight is 374 g/mol. The summed E-state index contributed by atoms with van der Waals surface area (Å²) in [5.41, 5.74) is 1.82. The quantitative estimate of drug-likeness (QED) is 0.346. The van der Waals surface area contributed by atoms with Crippen molar-refractivity contribution in [2.24, 2.45) is 0 Å². The van der Waals surface area contributed by atoms with Crippen LogP contribution in [0.15, 0.2) is 42.6 Å². The Kier molecular flexibility index (Phi) is 8.91. The fourth-order valence-electron chi connectivity index (χ4n) is 2.07. The van der Waals surface area contributed by atoms with Gasteiger partial charge in [0.1, 0.15) is 6.61 Å². The van der Waals surface area contributed by atoms with Crippen molar-refractivity contribution in [2.75, 3.05) is 39.6 Å². The number of benzene rings is 1. The summed E-state index contributed by atoms with van der Waals surface area (Å²) in [6, 6.07) is 9.95. The topological polar surface area (TPSA) is 104 Å². The van der Waals surface area contributed by atoms with E-state index in [0.29, 0.717) is 38.9 Å². The summed E-state index contributed by atoms with van der Waals surface area (Å²) < 4.78 is 15.9. The second kappa shape index (κ2) is 11.7. The maximum absolute atomic E-state index is 10.6. The van der Waals surface area contributed by atoms with Crippen LogP contribution in [0.1, 0.15) is 11.1 Å². The van der Waals surface area contributed by atoms with E-state index in [1.54, 1.807) is 24.4 Å². The number of aliphatic hydroxyl groups excluding tert-OH is 1. The second-order valence-electron chi connectivity index (χ2n) is 5.41. The molecule has 0 atom stereocenters. The van der Waals surface area contributed by atoms with Crippen LogP contribution < -0.4 is 4.74 Å². The van der Waals surface area contributed by atoms with Crippen molar-refractivity contribution in [3.63, 3.8) is 0 Å². The van der Waals surface area contributed by atoms with Crippen molar-refractivity contribution < 1.29 is 24.2 Å². The molecule has 0 aliphatic carbocycles. The largest absolute Gasteiger partial charge is 0.475 e. The van der Waals surface area contributed by atoms with E-state index in [2.05, 4.69) is 4.98 Å². The van der Waals surface area contributed by atoms with Crippen LogP contribution in [0.5, 0.6) is 5.88 Å². The van der Waals surface area contributed by atoms with Gasteiger partial charge in [-0.1, -0.05) is 12.2 Å². The molecule has 0 radical (unpaired) electrons. The van der Waals surface area contributed by atoms with Gasteiger partial charge in [-0.3, -0.25) is 10.1 Å². The van der Waals surface area contributed by atoms with Crippen LogP contribution in [0.3, 0.4) is 0 Å². The molecule has 1 aromatic carbocycles. The van der Waals surface area contributed by atoms with Crippen molar-refractivity contribution in [3.8, 4) is 5.88 Å². The third-order valence-corrected chi connectivity index (χ3v) is 3.42. The summed E-state index contributed by atoms with van der Waals surface area (Å²) in [6.45, 7) is 2.01. The number of rotatable bonds is 12. The van der Waals surface area contributed by atoms with Crippen molar-refractivity contribution >= 4 is 17.8 Å². The Balaban J connectivity index is 1.70. The van der Waals surface area contributed by atoms with Gasteiger partial charge in [-0.15, -0.1) is 0 Å². The number of hydrogen-bond acceptors (Lipinski definition) is 7. The highest BCUT2D eigenvalue weighted by Crippen LogP contribution is 2.15. The van der Waals surface area contributed by atoms with Crippen LogP contribution in [0.4, 0.5) is 5.69 Å². The maximum atomic E-state index is 10.6. The van der Waals surface area contributed by atoms with E-state index in [1.807, 2.05) is 18.2 Å². The first-order valence-electron chi connectivity index (χ1n) is 8.47. The predicted octanol–water partition coefficient (Wildman–Crippen LogP) is 2.56. The molecule has 0 saturated heterocycles. The number of nitrogens with zero attached hydrogens (tertiary/aromatic N) is 2. The van der Waals surface area contributed by atoms with E-state index in [1.165, 1.54) is 12.1 Å². The Hall–Kier alpha value is -2.81. The molecule has 27 heavy (non-hydrogen) atoms. The number of aliphatic hydroxyl groups is 1. The average Bonchev–Trinajstić information content (AvgIpc) is 2.69. The van der Waals surface area contributed by atoms with E-state index >= 15 is 0 Å². The summed E-state index contributed by atoms with van der Waals surface area (Å²) in [7, 11) is 0. The molecule has 0 aliphatic rings. The zero-order valence-corrected chi connectivity index (χ0v) is 14.8. The van der Waals surface area contributed by atoms with E-state index in [0.717, 1.165) is 11.1 Å². The molecule has 0 aliphatic heterocycles. The zero-order valence-electron chi connectivity index (χ0n) is 14.8. The van der Waals surface area contributed by atoms with Crippen LogP contribution in [0, 0.1) is 10.1 Å². The summed E-state index contributed by atoms with van der Waals surface area (Å²) in [6.07, 6.45) is 5.40. The number of aromatic nitrogens is 1. The molecule has 0 fully saturated rings. The molecule has 2 aromatic rings. The second-order valence-corrected chi connectivity index (χ2v) is 5.41. The standard InChI is InChI=1S/C19H22N2O6/c22-9-10-25-11-12-26-13-14-27-19-8-5-17(15-20-19)2-1-16-3-6-18(7-4-16)21(23)24/h1-8,15,22H,9-14H2. The van der Waals surface area contributed by atoms with Crippen LogP contribution in [0.25, 0.3) is 12.2 Å². The lowest BCUT2D eigenvalue weighted by Gasteiger charge is -2.07. The van der Waals surface area contributed by atoms with Gasteiger partial charge < -0.3 is 19.3 Å². The van der Waals surface area contributed by atoms with Gasteiger partial charge in [-0.25, -0.2) is 4.98 Å². The first kappa shape index (κ1) is 20.5. The monoisotopic (exact) mass is 374 g/mol. The zero-order chi connectivity index (χ0) is 19.3. The lowest BCUT2D eigenvalue weighted by Crippen LogP contribution is -2.12. The fraction of sp³-hybridized carbons (Fsp3) is 0.316. The van der Waals surface area contributed by atoms with Gasteiger partial charge in [0.25, 0.3) is 5.69 Å². The van der Waals surface area contributed by atoms with Crippen LogP contribution in [-0.4, -0.2) is 54.7 Å². The summed E-state index contributed by atoms with van der Waals surface area (Å²) >= 11 is 0. The SMILES string of the molecule is O=[N+]([O-])c1ccc(C=Cc2ccc(OCCOCCOCCO)nc2)cc1. The minimum absolute atomic E-state index is 0.00778. The lowest BCUT2D eigenvalue weighted by atomic mass is 10.1. The molecule has 8 heteroatoms. The van der Waals surface area contributed by atoms with Gasteiger partial charge in [0, 0.05) is 24.4 Å². The molecule has 0 saturated carbocycles. The third-order valence-electron chi connectivity index (χ3n) is 3.42. The van der Waals surface area contributed by atoms with Crippen molar-refractivity contribution in [1.29, 1.82) is 0 Å². The Labute approximate surface area is 157 Å². The Bertz CT molecular complexity index is 716. The van der Waals surface area contributed by atoms with Crippen molar-refractivity contribution in [1.82, 2.24) is 4.98 Å². The molecule has 0 unspecified atom stereocenters. The first-order chi connectivity index (χ1) is 13.2. The summed E-state index contributed by atoms with van der Waals surface area (Å²) in [4.78, 5) is 14.4. The molecule has 1 N–H and O–H groups in total. The van der Waals surface area contributed by atoms with E-state index in [-0.39, 0.29) is 12.3 Å². The van der Waals surface area contributed by atoms with Crippen molar-refractivity contribution in [3.05, 3.63) is 63.8 Å². The molecule has 8 nitrogen and oxygen atoms in total. The van der Waals surface area contributed by atoms with E-state index in [9.17, 15) is 10.1 Å². The minimum atomic E-state index is -0.424. The molecular weight excluding hydrogens is 352 g/mol. The van der Waals surface area contributed by atoms with E-state index < -0.39 is 4.92 Å². The molecule has 1 heterocycles. The molecule has 0 amide bonds. The highest BCUT2D eigenvalue weighted by molar-refractivity contribution is 5.69. The number of ether oxygens (including phenoxy) is 3. The van der Waals surface area contributed by atoms with Crippen molar-refractivity contribution in [2.45, 2.75) is 0 Å². The highest BCUT2D eigenvalue weighted by atomic mass is 16.6. The third kappa shape index (κ3) is 7.95. The summed E-state index contributed by atoms with van der Waals surface area (Å²) in [5.74, 6) is 0.502. The van der Waals surface area contributed by atoms with Gasteiger partial charge in [-0.2, -0.15) is 0 Å². The van der Waals surface area contributed by atoms with Gasteiger partial charge in [0.2, 0.25) is 5.88 Å². The number of nitro benzene ring substituents is 1. The Morgan fingerprint density at radius 2 is 1.56 bits per heavy atom. The van der Waals surface area contributed by atoms with E-state index in [4.69, 9.17) is 19.3 Å². The number of non-ortho nitro benzene ring substituents is 1. The molecule has 0 spiro atoms. The lowest BCUT2D eigenvalue weighted by molar-refractivity contribution is -0.384. The number of hydrogen-bond donors (Lipinski definition) is 1. The molecule has 0 bridgehead atoms. The highest BCUT2D eigenvalue weighted by Gasteiger charge is 2.02. The van der Waals surface area contributed by atoms with Crippen LogP contribution in [0.2, 0.25) is 0 Å². The Morgan fingerprint density at radius 3 is 2.19 bits per heavy atom. The molecule has 144 valence electrons. The maximum Gasteiger partial charge on any atom is 0.269 e. The molecule has 1 aromatic heterocycles. The van der Waals surface area contributed by atoms with Gasteiger partial charge in [0.05, 0.1) is 38.0 Å².